The smallest absolute Gasteiger partial charge is 0.339 e. The molecule has 1 aliphatic rings. The maximum absolute atomic E-state index is 13.9. The number of nitrogens with zero attached hydrogens (tertiary/aromatic N) is 2. The molecule has 0 saturated carbocycles. The zero-order chi connectivity index (χ0) is 30.3. The van der Waals surface area contributed by atoms with Crippen LogP contribution in [0.3, 0.4) is 0 Å². The molecule has 0 spiro atoms. The Morgan fingerprint density at radius 1 is 0.955 bits per heavy atom. The number of aromatic carboxylic acids is 1. The quantitative estimate of drug-likeness (QED) is 0.134. The van der Waals surface area contributed by atoms with Crippen molar-refractivity contribution in [2.24, 2.45) is 0 Å². The van der Waals surface area contributed by atoms with Crippen LogP contribution in [0.4, 0.5) is 17.1 Å². The fourth-order valence-corrected chi connectivity index (χ4v) is 6.87. The van der Waals surface area contributed by atoms with Crippen molar-refractivity contribution in [1.29, 1.82) is 0 Å². The molecule has 1 fully saturated rings. The number of hydrogen-bond acceptors (Lipinski definition) is 6. The maximum Gasteiger partial charge on any atom is 0.339 e. The van der Waals surface area contributed by atoms with Gasteiger partial charge in [-0.2, -0.15) is 0 Å². The number of para-hydroxylation sites is 3. The third-order valence-corrected chi connectivity index (χ3v) is 9.45. The maximum atomic E-state index is 13.9. The molecule has 0 bridgehead atoms. The highest BCUT2D eigenvalue weighted by atomic mass is 79.9. The van der Waals surface area contributed by atoms with Crippen molar-refractivity contribution in [2.75, 3.05) is 30.1 Å². The van der Waals surface area contributed by atoms with Crippen LogP contribution in [-0.4, -0.2) is 41.7 Å². The normalized spacial score (nSPS) is 13.4. The molecule has 2 N–H and O–H groups in total. The van der Waals surface area contributed by atoms with E-state index in [0.29, 0.717) is 25.5 Å². The first-order chi connectivity index (χ1) is 20.9. The summed E-state index contributed by atoms with van der Waals surface area (Å²) < 4.78 is 19.6. The number of rotatable bonds is 10. The molecule has 0 radical (unpaired) electrons. The van der Waals surface area contributed by atoms with Crippen LogP contribution in [0.5, 0.6) is 5.75 Å². The third-order valence-electron chi connectivity index (χ3n) is 7.27. The van der Waals surface area contributed by atoms with Gasteiger partial charge in [0, 0.05) is 28.7 Å². The van der Waals surface area contributed by atoms with Gasteiger partial charge in [-0.1, -0.05) is 58.4 Å². The van der Waals surface area contributed by atoms with Gasteiger partial charge in [-0.05, 0) is 73.4 Å². The van der Waals surface area contributed by atoms with E-state index in [1.807, 2.05) is 78.9 Å². The van der Waals surface area contributed by atoms with Gasteiger partial charge in [0.15, 0.2) is 9.79 Å². The van der Waals surface area contributed by atoms with E-state index < -0.39 is 17.1 Å². The summed E-state index contributed by atoms with van der Waals surface area (Å²) in [7, 11) is 1.39. The average Bonchev–Trinajstić information content (AvgIpc) is 3.05. The molecule has 4 aromatic carbocycles. The van der Waals surface area contributed by atoms with Gasteiger partial charge < -0.3 is 19.3 Å². The molecule has 230 valence electrons. The number of carboxylic acids is 1. The van der Waals surface area contributed by atoms with E-state index in [4.69, 9.17) is 4.74 Å². The van der Waals surface area contributed by atoms with Crippen molar-refractivity contribution in [3.63, 3.8) is 0 Å². The second kappa shape index (κ2) is 15.3. The zero-order valence-corrected chi connectivity index (χ0v) is 27.3. The van der Waals surface area contributed by atoms with Crippen LogP contribution < -0.4 is 20.1 Å². The van der Waals surface area contributed by atoms with Gasteiger partial charge in [0.05, 0.1) is 24.9 Å². The Labute approximate surface area is 274 Å². The summed E-state index contributed by atoms with van der Waals surface area (Å²) in [5.74, 6) is -1.31. The van der Waals surface area contributed by atoms with Gasteiger partial charge in [0.1, 0.15) is 17.0 Å². The van der Waals surface area contributed by atoms with Crippen molar-refractivity contribution in [3.8, 4) is 5.75 Å². The number of hydrazine groups is 1. The Balaban J connectivity index is 0.00000442. The first kappa shape index (κ1) is 33.2. The lowest BCUT2D eigenvalue weighted by Gasteiger charge is -2.35. The highest BCUT2D eigenvalue weighted by molar-refractivity contribution is 9.10. The lowest BCUT2D eigenvalue weighted by atomic mass is 10.1. The summed E-state index contributed by atoms with van der Waals surface area (Å²) >= 11 is 1.91. The first-order valence-corrected chi connectivity index (χ1v) is 15.9. The Morgan fingerprint density at radius 3 is 2.27 bits per heavy atom. The molecule has 1 amide bonds. The van der Waals surface area contributed by atoms with Gasteiger partial charge in [-0.3, -0.25) is 10.2 Å². The molecular weight excluding hydrogens is 666 g/mol. The van der Waals surface area contributed by atoms with Crippen LogP contribution in [-0.2, 0) is 22.4 Å². The summed E-state index contributed by atoms with van der Waals surface area (Å²) in [6.45, 7) is 1.80. The molecule has 5 rings (SSSR count). The Bertz CT molecular complexity index is 1600. The molecule has 8 nitrogen and oxygen atoms in total. The van der Waals surface area contributed by atoms with Gasteiger partial charge in [0.2, 0.25) is 5.91 Å². The van der Waals surface area contributed by atoms with Crippen molar-refractivity contribution in [2.45, 2.75) is 35.5 Å². The number of carbonyl (C=O) groups is 2. The number of benzene rings is 4. The Morgan fingerprint density at radius 2 is 1.59 bits per heavy atom. The fraction of sp³-hybridized carbons (Fsp3) is 0.212. The number of hydrogen-bond donors (Lipinski definition) is 2. The van der Waals surface area contributed by atoms with E-state index in [-0.39, 0.29) is 36.0 Å². The predicted molar refractivity (Wildman–Crippen MR) is 179 cm³/mol. The molecule has 1 unspecified atom stereocenters. The summed E-state index contributed by atoms with van der Waals surface area (Å²) in [5, 5.41) is 11.3. The monoisotopic (exact) mass is 697 g/mol. The Kier molecular flexibility index (Phi) is 11.6. The van der Waals surface area contributed by atoms with E-state index in [1.54, 1.807) is 11.1 Å². The van der Waals surface area contributed by atoms with Crippen LogP contribution in [0.2, 0.25) is 0 Å². The van der Waals surface area contributed by atoms with Crippen molar-refractivity contribution in [1.82, 2.24) is 5.43 Å². The second-order valence-corrected chi connectivity index (χ2v) is 12.4. The van der Waals surface area contributed by atoms with E-state index in [9.17, 15) is 19.2 Å². The van der Waals surface area contributed by atoms with Crippen LogP contribution in [0.15, 0.2) is 105 Å². The number of methoxy groups -OCH3 is 1. The standard InChI is InChI=1S/C33H32BrN3O5S.ClH/c1-42-30-20-23(26(34)22-25(30)33(39)40)21-32(38)35-37(28-15-7-6-14-27(28)36-18-10-3-11-19-36)29-16-8-9-17-31(29)43(41)24-12-4-2-5-13-24;/h2,4-9,12-17,20,22H,3,10-11,18-19,21H2,1H3,(H,35,38)(H,39,40);1H. The number of halogens is 2. The second-order valence-electron chi connectivity index (χ2n) is 10.1. The van der Waals surface area contributed by atoms with E-state index in [2.05, 4.69) is 26.3 Å². The van der Waals surface area contributed by atoms with Crippen LogP contribution in [0, 0.1) is 0 Å². The molecule has 1 heterocycles. The van der Waals surface area contributed by atoms with Gasteiger partial charge in [-0.25, -0.2) is 9.80 Å². The van der Waals surface area contributed by atoms with E-state index in [1.165, 1.54) is 19.6 Å². The third kappa shape index (κ3) is 7.50. The fourth-order valence-electron chi connectivity index (χ4n) is 5.18. The summed E-state index contributed by atoms with van der Waals surface area (Å²) in [5.41, 5.74) is 5.95. The number of amides is 1. The predicted octanol–water partition coefficient (Wildman–Crippen LogP) is 7.15. The minimum absolute atomic E-state index is 0. The molecule has 0 aromatic heterocycles. The number of carboxylic acid groups (broad SMARTS) is 1. The zero-order valence-electron chi connectivity index (χ0n) is 24.1. The van der Waals surface area contributed by atoms with Crippen molar-refractivity contribution >= 4 is 68.5 Å². The van der Waals surface area contributed by atoms with Gasteiger partial charge in [-0.15, -0.1) is 12.4 Å². The summed E-state index contributed by atoms with van der Waals surface area (Å²) in [6.07, 6.45) is 3.27. The van der Waals surface area contributed by atoms with E-state index in [0.717, 1.165) is 37.3 Å². The van der Waals surface area contributed by atoms with Gasteiger partial charge in [0.25, 0.3) is 0 Å². The average molecular weight is 699 g/mol. The number of ether oxygens (including phenoxy) is 1. The van der Waals surface area contributed by atoms with Gasteiger partial charge >= 0.3 is 5.97 Å². The number of carbonyl (C=O) groups excluding carboxylic acids is 1. The molecule has 1 atom stereocenters. The molecule has 1 aliphatic heterocycles. The Hall–Kier alpha value is -3.70. The molecular formula is C33H33BrClN3O5S. The van der Waals surface area contributed by atoms with Crippen LogP contribution in [0.25, 0.3) is 0 Å². The lowest BCUT2D eigenvalue weighted by molar-refractivity contribution is -0.120. The summed E-state index contributed by atoms with van der Waals surface area (Å²) in [4.78, 5) is 28.9. The minimum Gasteiger partial charge on any atom is -0.606 e. The first-order valence-electron chi connectivity index (χ1n) is 14.0. The lowest BCUT2D eigenvalue weighted by Crippen LogP contribution is -2.42. The van der Waals surface area contributed by atoms with Crippen LogP contribution >= 0.6 is 28.3 Å². The van der Waals surface area contributed by atoms with Crippen molar-refractivity contribution < 1.29 is 24.0 Å². The molecule has 0 aliphatic carbocycles. The van der Waals surface area contributed by atoms with Crippen molar-refractivity contribution in [3.05, 3.63) is 107 Å². The molecule has 44 heavy (non-hydrogen) atoms. The largest absolute Gasteiger partial charge is 0.606 e. The van der Waals surface area contributed by atoms with E-state index >= 15 is 0 Å². The van der Waals surface area contributed by atoms with Crippen LogP contribution in [0.1, 0.15) is 35.2 Å². The topological polar surface area (TPSA) is 105 Å². The number of anilines is 3. The summed E-state index contributed by atoms with van der Waals surface area (Å²) in [6, 6.07) is 27.5. The number of nitrogens with one attached hydrogen (secondary N) is 1. The highest BCUT2D eigenvalue weighted by Gasteiger charge is 2.28. The number of piperidine rings is 1. The minimum atomic E-state index is -1.52. The molecule has 1 saturated heterocycles. The molecule has 11 heteroatoms. The highest BCUT2D eigenvalue weighted by Crippen LogP contribution is 2.39. The SMILES string of the molecule is COc1cc(CC(=O)NN(c2ccccc2N2CCCCC2)c2ccccc2[S+]([O-])c2ccccc2)c(Br)cc1C(=O)O.Cl. The molecule has 4 aromatic rings.